The predicted molar refractivity (Wildman–Crippen MR) is 117 cm³/mol. The molecule has 0 radical (unpaired) electrons. The Morgan fingerprint density at radius 1 is 1.26 bits per heavy atom. The monoisotopic (exact) mass is 444 g/mol. The third-order valence-electron chi connectivity index (χ3n) is 5.98. The van der Waals surface area contributed by atoms with Crippen LogP contribution in [0, 0.1) is 5.92 Å². The summed E-state index contributed by atoms with van der Waals surface area (Å²) in [6, 6.07) is 7.03. The fourth-order valence-corrected chi connectivity index (χ4v) is 4.25. The third-order valence-corrected chi connectivity index (χ3v) is 6.21. The maximum absolute atomic E-state index is 13.2. The zero-order valence-corrected chi connectivity index (χ0v) is 18.7. The van der Waals surface area contributed by atoms with E-state index in [2.05, 4.69) is 17.1 Å². The fraction of sp³-hybridized carbons (Fsp3) is 0.565. The molecule has 2 aliphatic rings. The summed E-state index contributed by atoms with van der Waals surface area (Å²) in [5, 5.41) is 4.71. The summed E-state index contributed by atoms with van der Waals surface area (Å²) in [6.45, 7) is 3.49. The Kier molecular flexibility index (Phi) is 6.90. The summed E-state index contributed by atoms with van der Waals surface area (Å²) in [5.74, 6) is 1.09. The minimum Gasteiger partial charge on any atom is -0.337 e. The molecule has 2 aromatic rings. The van der Waals surface area contributed by atoms with E-state index in [0.29, 0.717) is 29.8 Å². The van der Waals surface area contributed by atoms with Gasteiger partial charge in [0.15, 0.2) is 0 Å². The minimum absolute atomic E-state index is 0.0442. The molecule has 2 heterocycles. The van der Waals surface area contributed by atoms with E-state index in [1.54, 1.807) is 17.0 Å². The molecule has 1 atom stereocenters. The molecule has 1 saturated heterocycles. The number of nitrogens with zero attached hydrogens (tertiary/aromatic N) is 4. The molecule has 166 valence electrons. The highest BCUT2D eigenvalue weighted by atomic mass is 35.5. The van der Waals surface area contributed by atoms with Gasteiger partial charge in [0.05, 0.1) is 6.54 Å². The summed E-state index contributed by atoms with van der Waals surface area (Å²) < 4.78 is 5.57. The predicted octanol–water partition coefficient (Wildman–Crippen LogP) is 4.48. The van der Waals surface area contributed by atoms with Gasteiger partial charge in [0.2, 0.25) is 23.5 Å². The van der Waals surface area contributed by atoms with Crippen molar-refractivity contribution in [3.05, 3.63) is 35.2 Å². The standard InChI is InChI=1S/C23H29ClN4O3/c1-2-3-12-27(23(30)16-10-11-16)15-20(29)28-13-5-4-9-19(28)22-25-21(26-31-22)17-7-6-8-18(24)14-17/h6-8,14,16,19H,2-5,9-13,15H2,1H3. The topological polar surface area (TPSA) is 79.5 Å². The molecule has 1 aromatic heterocycles. The number of aromatic nitrogens is 2. The smallest absolute Gasteiger partial charge is 0.249 e. The highest BCUT2D eigenvalue weighted by Crippen LogP contribution is 2.33. The molecule has 1 aromatic carbocycles. The first-order valence-electron chi connectivity index (χ1n) is 11.2. The van der Waals surface area contributed by atoms with Crippen LogP contribution >= 0.6 is 11.6 Å². The van der Waals surface area contributed by atoms with Crippen molar-refractivity contribution in [2.45, 2.75) is 57.9 Å². The van der Waals surface area contributed by atoms with E-state index in [0.717, 1.165) is 50.5 Å². The number of piperidine rings is 1. The van der Waals surface area contributed by atoms with Gasteiger partial charge in [0.25, 0.3) is 0 Å². The first-order chi connectivity index (χ1) is 15.1. The number of hydrogen-bond donors (Lipinski definition) is 0. The van der Waals surface area contributed by atoms with E-state index in [1.807, 2.05) is 17.0 Å². The van der Waals surface area contributed by atoms with E-state index in [4.69, 9.17) is 16.1 Å². The Morgan fingerprint density at radius 3 is 2.84 bits per heavy atom. The van der Waals surface area contributed by atoms with Crippen molar-refractivity contribution in [1.29, 1.82) is 0 Å². The van der Waals surface area contributed by atoms with Gasteiger partial charge in [-0.05, 0) is 50.7 Å². The van der Waals surface area contributed by atoms with Gasteiger partial charge in [-0.1, -0.05) is 42.2 Å². The van der Waals surface area contributed by atoms with Crippen molar-refractivity contribution < 1.29 is 14.1 Å². The molecule has 4 rings (SSSR count). The Balaban J connectivity index is 1.49. The van der Waals surface area contributed by atoms with Crippen molar-refractivity contribution in [1.82, 2.24) is 19.9 Å². The fourth-order valence-electron chi connectivity index (χ4n) is 4.06. The molecule has 1 saturated carbocycles. The number of rotatable bonds is 8. The van der Waals surface area contributed by atoms with E-state index in [9.17, 15) is 9.59 Å². The highest BCUT2D eigenvalue weighted by molar-refractivity contribution is 6.30. The molecule has 2 amide bonds. The summed E-state index contributed by atoms with van der Waals surface area (Å²) in [6.07, 6.45) is 6.47. The first-order valence-corrected chi connectivity index (χ1v) is 11.6. The number of unbranched alkanes of at least 4 members (excludes halogenated alkanes) is 1. The van der Waals surface area contributed by atoms with E-state index in [1.165, 1.54) is 0 Å². The van der Waals surface area contributed by atoms with Gasteiger partial charge in [-0.25, -0.2) is 0 Å². The molecule has 0 spiro atoms. The van der Waals surface area contributed by atoms with Gasteiger partial charge in [-0.15, -0.1) is 0 Å². The Hall–Kier alpha value is -2.41. The van der Waals surface area contributed by atoms with Crippen LogP contribution in [0.15, 0.2) is 28.8 Å². The Morgan fingerprint density at radius 2 is 2.10 bits per heavy atom. The van der Waals surface area contributed by atoms with Crippen LogP contribution in [0.25, 0.3) is 11.4 Å². The second-order valence-corrected chi connectivity index (χ2v) is 8.89. The van der Waals surface area contributed by atoms with E-state index < -0.39 is 0 Å². The second-order valence-electron chi connectivity index (χ2n) is 8.45. The van der Waals surface area contributed by atoms with Crippen LogP contribution in [-0.4, -0.2) is 51.4 Å². The van der Waals surface area contributed by atoms with Crippen LogP contribution in [0.4, 0.5) is 0 Å². The number of carbonyl (C=O) groups is 2. The highest BCUT2D eigenvalue weighted by Gasteiger charge is 2.37. The number of carbonyl (C=O) groups excluding carboxylic acids is 2. The van der Waals surface area contributed by atoms with Gasteiger partial charge >= 0.3 is 0 Å². The molecule has 0 bridgehead atoms. The lowest BCUT2D eigenvalue weighted by atomic mass is 10.0. The van der Waals surface area contributed by atoms with Crippen molar-refractivity contribution in [2.75, 3.05) is 19.6 Å². The average molecular weight is 445 g/mol. The van der Waals surface area contributed by atoms with Crippen LogP contribution in [0.2, 0.25) is 5.02 Å². The van der Waals surface area contributed by atoms with Gasteiger partial charge in [-0.2, -0.15) is 4.98 Å². The summed E-state index contributed by atoms with van der Waals surface area (Å²) in [5.41, 5.74) is 0.775. The molecule has 31 heavy (non-hydrogen) atoms. The Bertz CT molecular complexity index is 927. The summed E-state index contributed by atoms with van der Waals surface area (Å²) in [4.78, 5) is 34.1. The molecular weight excluding hydrogens is 416 g/mol. The lowest BCUT2D eigenvalue weighted by molar-refractivity contribution is -0.144. The molecule has 2 fully saturated rings. The van der Waals surface area contributed by atoms with Crippen LogP contribution in [0.1, 0.15) is 63.8 Å². The minimum atomic E-state index is -0.259. The maximum Gasteiger partial charge on any atom is 0.249 e. The molecule has 7 nitrogen and oxygen atoms in total. The second kappa shape index (κ2) is 9.81. The van der Waals surface area contributed by atoms with Crippen LogP contribution in [0.3, 0.4) is 0 Å². The first kappa shape index (κ1) is 21.8. The largest absolute Gasteiger partial charge is 0.337 e. The molecular formula is C23H29ClN4O3. The molecule has 0 N–H and O–H groups in total. The van der Waals surface area contributed by atoms with Crippen LogP contribution in [-0.2, 0) is 9.59 Å². The lowest BCUT2D eigenvalue weighted by Gasteiger charge is -2.35. The zero-order chi connectivity index (χ0) is 21.8. The van der Waals surface area contributed by atoms with Crippen LogP contribution < -0.4 is 0 Å². The number of amides is 2. The zero-order valence-electron chi connectivity index (χ0n) is 17.9. The van der Waals surface area contributed by atoms with Gasteiger partial charge < -0.3 is 14.3 Å². The van der Waals surface area contributed by atoms with E-state index in [-0.39, 0.29) is 30.3 Å². The number of halogens is 1. The maximum atomic E-state index is 13.2. The average Bonchev–Trinajstić information content (AvgIpc) is 3.52. The van der Waals surface area contributed by atoms with Crippen molar-refractivity contribution >= 4 is 23.4 Å². The summed E-state index contributed by atoms with van der Waals surface area (Å²) in [7, 11) is 0. The lowest BCUT2D eigenvalue weighted by Crippen LogP contribution is -2.46. The Labute approximate surface area is 187 Å². The van der Waals surface area contributed by atoms with Crippen molar-refractivity contribution in [3.8, 4) is 11.4 Å². The molecule has 1 aliphatic carbocycles. The quantitative estimate of drug-likeness (QED) is 0.599. The number of hydrogen-bond acceptors (Lipinski definition) is 5. The number of benzene rings is 1. The molecule has 1 aliphatic heterocycles. The molecule has 1 unspecified atom stereocenters. The summed E-state index contributed by atoms with van der Waals surface area (Å²) >= 11 is 6.08. The third kappa shape index (κ3) is 5.26. The molecule has 8 heteroatoms. The van der Waals surface area contributed by atoms with Gasteiger partial charge in [0.1, 0.15) is 6.04 Å². The normalized spacial score (nSPS) is 18.8. The van der Waals surface area contributed by atoms with E-state index >= 15 is 0 Å². The van der Waals surface area contributed by atoms with Gasteiger partial charge in [-0.3, -0.25) is 9.59 Å². The van der Waals surface area contributed by atoms with Gasteiger partial charge in [0, 0.05) is 29.6 Å². The SMILES string of the molecule is CCCCN(CC(=O)N1CCCCC1c1nc(-c2cccc(Cl)c2)no1)C(=O)C1CC1. The van der Waals surface area contributed by atoms with Crippen molar-refractivity contribution in [2.24, 2.45) is 5.92 Å². The van der Waals surface area contributed by atoms with Crippen LogP contribution in [0.5, 0.6) is 0 Å². The van der Waals surface area contributed by atoms with Crippen molar-refractivity contribution in [3.63, 3.8) is 0 Å². The number of likely N-dealkylation sites (tertiary alicyclic amines) is 1.